The predicted molar refractivity (Wildman–Crippen MR) is 88.2 cm³/mol. The molecule has 3 heteroatoms. The van der Waals surface area contributed by atoms with Crippen molar-refractivity contribution in [3.8, 4) is 11.1 Å². The van der Waals surface area contributed by atoms with Gasteiger partial charge in [-0.05, 0) is 53.3 Å². The van der Waals surface area contributed by atoms with Crippen molar-refractivity contribution in [3.05, 3.63) is 76.2 Å². The van der Waals surface area contributed by atoms with Gasteiger partial charge in [0.25, 0.3) is 0 Å². The molecule has 0 saturated carbocycles. The second-order valence-corrected chi connectivity index (χ2v) is 5.98. The van der Waals surface area contributed by atoms with Gasteiger partial charge >= 0.3 is 0 Å². The van der Waals surface area contributed by atoms with E-state index >= 15 is 0 Å². The molecule has 0 unspecified atom stereocenters. The van der Waals surface area contributed by atoms with E-state index in [0.29, 0.717) is 0 Å². The van der Waals surface area contributed by atoms with Crippen LogP contribution in [0.3, 0.4) is 0 Å². The van der Waals surface area contributed by atoms with Crippen LogP contribution in [0.1, 0.15) is 10.4 Å². The Labute approximate surface area is 128 Å². The fourth-order valence-electron chi connectivity index (χ4n) is 2.26. The van der Waals surface area contributed by atoms with Gasteiger partial charge in [-0.25, -0.2) is 4.39 Å². The van der Waals surface area contributed by atoms with Crippen LogP contribution in [0.4, 0.5) is 10.1 Å². The van der Waals surface area contributed by atoms with Gasteiger partial charge in [0.15, 0.2) is 0 Å². The van der Waals surface area contributed by atoms with Crippen LogP contribution in [-0.2, 0) is 6.54 Å². The highest BCUT2D eigenvalue weighted by molar-refractivity contribution is 7.10. The molecule has 0 fully saturated rings. The monoisotopic (exact) mass is 297 g/mol. The van der Waals surface area contributed by atoms with Crippen LogP contribution < -0.4 is 5.32 Å². The summed E-state index contributed by atoms with van der Waals surface area (Å²) in [6, 6.07) is 17.4. The largest absolute Gasteiger partial charge is 0.380 e. The van der Waals surface area contributed by atoms with Crippen LogP contribution in [0.2, 0.25) is 0 Å². The average molecular weight is 297 g/mol. The minimum atomic E-state index is -0.194. The molecule has 0 spiro atoms. The summed E-state index contributed by atoms with van der Waals surface area (Å²) in [6.45, 7) is 2.67. The number of nitrogens with one attached hydrogen (secondary N) is 1. The van der Waals surface area contributed by atoms with Gasteiger partial charge < -0.3 is 5.32 Å². The third-order valence-corrected chi connectivity index (χ3v) is 4.34. The first-order chi connectivity index (χ1) is 10.2. The molecule has 0 radical (unpaired) electrons. The summed E-state index contributed by atoms with van der Waals surface area (Å²) in [5, 5.41) is 5.54. The van der Waals surface area contributed by atoms with Gasteiger partial charge in [0, 0.05) is 17.1 Å². The zero-order valence-corrected chi connectivity index (χ0v) is 12.6. The average Bonchev–Trinajstić information content (AvgIpc) is 2.96. The van der Waals surface area contributed by atoms with E-state index in [1.807, 2.05) is 25.1 Å². The molecule has 21 heavy (non-hydrogen) atoms. The summed E-state index contributed by atoms with van der Waals surface area (Å²) in [4.78, 5) is 1.26. The van der Waals surface area contributed by atoms with Crippen LogP contribution in [0.15, 0.2) is 60.0 Å². The Morgan fingerprint density at radius 2 is 1.81 bits per heavy atom. The van der Waals surface area contributed by atoms with E-state index in [1.54, 1.807) is 23.5 Å². The third kappa shape index (κ3) is 3.31. The molecule has 0 aliphatic rings. The van der Waals surface area contributed by atoms with E-state index in [9.17, 15) is 4.39 Å². The van der Waals surface area contributed by atoms with Crippen LogP contribution in [0.5, 0.6) is 0 Å². The van der Waals surface area contributed by atoms with Gasteiger partial charge in [0.1, 0.15) is 5.82 Å². The van der Waals surface area contributed by atoms with E-state index in [0.717, 1.165) is 17.8 Å². The highest BCUT2D eigenvalue weighted by atomic mass is 32.1. The van der Waals surface area contributed by atoms with Crippen molar-refractivity contribution in [2.45, 2.75) is 13.5 Å². The van der Waals surface area contributed by atoms with E-state index < -0.39 is 0 Å². The van der Waals surface area contributed by atoms with Crippen molar-refractivity contribution in [2.75, 3.05) is 5.32 Å². The fourth-order valence-corrected chi connectivity index (χ4v) is 3.10. The van der Waals surface area contributed by atoms with E-state index in [4.69, 9.17) is 0 Å². The van der Waals surface area contributed by atoms with Crippen molar-refractivity contribution in [2.24, 2.45) is 0 Å². The first kappa shape index (κ1) is 13.8. The molecule has 0 aliphatic heterocycles. The van der Waals surface area contributed by atoms with E-state index in [-0.39, 0.29) is 5.82 Å². The molecule has 0 amide bonds. The zero-order chi connectivity index (χ0) is 14.7. The summed E-state index contributed by atoms with van der Waals surface area (Å²) in [6.07, 6.45) is 0. The van der Waals surface area contributed by atoms with Crippen molar-refractivity contribution >= 4 is 17.0 Å². The topological polar surface area (TPSA) is 12.0 Å². The lowest BCUT2D eigenvalue weighted by Crippen LogP contribution is -1.99. The summed E-state index contributed by atoms with van der Waals surface area (Å²) >= 11 is 1.74. The molecule has 1 nitrogen and oxygen atoms in total. The lowest BCUT2D eigenvalue weighted by molar-refractivity contribution is 0.627. The van der Waals surface area contributed by atoms with Crippen LogP contribution in [0, 0.1) is 12.7 Å². The molecule has 0 saturated heterocycles. The molecule has 3 rings (SSSR count). The SMILES string of the molecule is Cc1cc(F)ccc1NCc1cc(-c2ccccc2)cs1. The number of benzene rings is 2. The Kier molecular flexibility index (Phi) is 4.02. The Balaban J connectivity index is 1.70. The zero-order valence-electron chi connectivity index (χ0n) is 11.8. The standard InChI is InChI=1S/C18H16FNS/c1-13-9-16(19)7-8-18(13)20-11-17-10-15(12-21-17)14-5-3-2-4-6-14/h2-10,12,20H,11H2,1H3. The second kappa shape index (κ2) is 6.10. The van der Waals surface area contributed by atoms with E-state index in [2.05, 4.69) is 28.9 Å². The second-order valence-electron chi connectivity index (χ2n) is 4.98. The number of thiophene rings is 1. The minimum absolute atomic E-state index is 0.194. The molecule has 1 aromatic heterocycles. The summed E-state index contributed by atoms with van der Waals surface area (Å²) in [5.74, 6) is -0.194. The van der Waals surface area contributed by atoms with Gasteiger partial charge in [-0.2, -0.15) is 0 Å². The molecule has 1 heterocycles. The number of hydrogen-bond donors (Lipinski definition) is 1. The number of hydrogen-bond acceptors (Lipinski definition) is 2. The third-order valence-electron chi connectivity index (χ3n) is 3.40. The van der Waals surface area contributed by atoms with Gasteiger partial charge in [-0.1, -0.05) is 30.3 Å². The molecule has 106 valence electrons. The molecule has 0 bridgehead atoms. The minimum Gasteiger partial charge on any atom is -0.380 e. The van der Waals surface area contributed by atoms with Gasteiger partial charge in [-0.3, -0.25) is 0 Å². The molecule has 0 aliphatic carbocycles. The van der Waals surface area contributed by atoms with Crippen molar-refractivity contribution in [3.63, 3.8) is 0 Å². The van der Waals surface area contributed by atoms with Crippen LogP contribution >= 0.6 is 11.3 Å². The Bertz CT molecular complexity index is 734. The van der Waals surface area contributed by atoms with E-state index in [1.165, 1.54) is 22.1 Å². The van der Waals surface area contributed by atoms with Gasteiger partial charge in [0.2, 0.25) is 0 Å². The fraction of sp³-hybridized carbons (Fsp3) is 0.111. The molecule has 2 aromatic carbocycles. The molecule has 3 aromatic rings. The molecule has 1 N–H and O–H groups in total. The number of halogens is 1. The first-order valence-electron chi connectivity index (χ1n) is 6.85. The Morgan fingerprint density at radius 1 is 1.00 bits per heavy atom. The number of anilines is 1. The number of aryl methyl sites for hydroxylation is 1. The predicted octanol–water partition coefficient (Wildman–Crippen LogP) is 5.47. The first-order valence-corrected chi connectivity index (χ1v) is 7.73. The van der Waals surface area contributed by atoms with Crippen molar-refractivity contribution in [1.82, 2.24) is 0 Å². The smallest absolute Gasteiger partial charge is 0.123 e. The van der Waals surface area contributed by atoms with Gasteiger partial charge in [-0.15, -0.1) is 11.3 Å². The maximum atomic E-state index is 13.1. The summed E-state index contributed by atoms with van der Waals surface area (Å²) in [5.41, 5.74) is 4.38. The number of rotatable bonds is 4. The quantitative estimate of drug-likeness (QED) is 0.673. The van der Waals surface area contributed by atoms with Gasteiger partial charge in [0.05, 0.1) is 0 Å². The summed E-state index contributed by atoms with van der Waals surface area (Å²) in [7, 11) is 0. The highest BCUT2D eigenvalue weighted by Gasteiger charge is 2.04. The lowest BCUT2D eigenvalue weighted by atomic mass is 10.1. The maximum Gasteiger partial charge on any atom is 0.123 e. The Morgan fingerprint density at radius 3 is 2.57 bits per heavy atom. The van der Waals surface area contributed by atoms with Crippen LogP contribution in [-0.4, -0.2) is 0 Å². The van der Waals surface area contributed by atoms with Crippen LogP contribution in [0.25, 0.3) is 11.1 Å². The maximum absolute atomic E-state index is 13.1. The van der Waals surface area contributed by atoms with Crippen molar-refractivity contribution in [1.29, 1.82) is 0 Å². The molecule has 0 atom stereocenters. The highest BCUT2D eigenvalue weighted by Crippen LogP contribution is 2.26. The Hall–Kier alpha value is -2.13. The molecular weight excluding hydrogens is 281 g/mol. The lowest BCUT2D eigenvalue weighted by Gasteiger charge is -2.08. The van der Waals surface area contributed by atoms with Crippen molar-refractivity contribution < 1.29 is 4.39 Å². The summed E-state index contributed by atoms with van der Waals surface area (Å²) < 4.78 is 13.1. The molecular formula is C18H16FNS. The normalized spacial score (nSPS) is 10.6.